The molecule has 0 saturated carbocycles. The van der Waals surface area contributed by atoms with Gasteiger partial charge >= 0.3 is 0 Å². The number of rotatable bonds is 10. The number of carbonyl (C=O) groups excluding carboxylic acids is 1. The molecule has 0 fully saturated rings. The molecule has 28 heavy (non-hydrogen) atoms. The van der Waals surface area contributed by atoms with E-state index in [0.29, 0.717) is 44.1 Å². The smallest absolute Gasteiger partial charge is 0.224 e. The maximum atomic E-state index is 12.3. The van der Waals surface area contributed by atoms with Crippen LogP contribution in [-0.4, -0.2) is 31.8 Å². The van der Waals surface area contributed by atoms with Gasteiger partial charge in [0.25, 0.3) is 0 Å². The Labute approximate surface area is 167 Å². The van der Waals surface area contributed by atoms with Gasteiger partial charge in [0.05, 0.1) is 18.9 Å². The normalized spacial score (nSPS) is 15.0. The van der Waals surface area contributed by atoms with Crippen LogP contribution in [0.1, 0.15) is 37.8 Å². The first-order chi connectivity index (χ1) is 13.7. The third kappa shape index (κ3) is 5.73. The van der Waals surface area contributed by atoms with Crippen molar-refractivity contribution in [1.82, 2.24) is 0 Å². The largest absolute Gasteiger partial charge is 0.492 e. The van der Waals surface area contributed by atoms with Crippen molar-refractivity contribution < 1.29 is 19.0 Å². The Morgan fingerprint density at radius 3 is 2.82 bits per heavy atom. The molecule has 0 spiro atoms. The Morgan fingerprint density at radius 2 is 2.04 bits per heavy atom. The number of hydrogen-bond donors (Lipinski definition) is 1. The van der Waals surface area contributed by atoms with Gasteiger partial charge in [0.2, 0.25) is 5.91 Å². The highest BCUT2D eigenvalue weighted by Crippen LogP contribution is 2.38. The number of amides is 1. The number of nitrogens with one attached hydrogen (secondary N) is 1. The van der Waals surface area contributed by atoms with Crippen LogP contribution in [0.25, 0.3) is 0 Å². The lowest BCUT2D eigenvalue weighted by Gasteiger charge is -2.13. The number of anilines is 1. The maximum absolute atomic E-state index is 12.3. The van der Waals surface area contributed by atoms with Crippen LogP contribution in [0.4, 0.5) is 5.69 Å². The van der Waals surface area contributed by atoms with Gasteiger partial charge in [0.1, 0.15) is 17.6 Å². The molecule has 150 valence electrons. The van der Waals surface area contributed by atoms with Crippen LogP contribution in [0, 0.1) is 0 Å². The second-order valence-electron chi connectivity index (χ2n) is 7.02. The van der Waals surface area contributed by atoms with Crippen LogP contribution in [0.15, 0.2) is 42.5 Å². The molecular formula is C23H29NO4. The Morgan fingerprint density at radius 1 is 1.21 bits per heavy atom. The van der Waals surface area contributed by atoms with Crippen LogP contribution in [0.3, 0.4) is 0 Å². The summed E-state index contributed by atoms with van der Waals surface area (Å²) < 4.78 is 17.1. The summed E-state index contributed by atoms with van der Waals surface area (Å²) in [7, 11) is 0. The van der Waals surface area contributed by atoms with E-state index in [1.54, 1.807) is 0 Å². The zero-order chi connectivity index (χ0) is 19.8. The SMILES string of the molecule is CCOc1cc2c(cc1NC(=O)CCCOCCc1ccccc1)OC(C)C2. The number of benzene rings is 2. The monoisotopic (exact) mass is 383 g/mol. The maximum Gasteiger partial charge on any atom is 0.224 e. The van der Waals surface area contributed by atoms with Crippen molar-refractivity contribution in [1.29, 1.82) is 0 Å². The average molecular weight is 383 g/mol. The fraction of sp³-hybridized carbons (Fsp3) is 0.435. The molecule has 1 aliphatic heterocycles. The minimum atomic E-state index is -0.0430. The lowest BCUT2D eigenvalue weighted by Crippen LogP contribution is -2.14. The summed E-state index contributed by atoms with van der Waals surface area (Å²) in [5.41, 5.74) is 3.06. The fourth-order valence-corrected chi connectivity index (χ4v) is 3.30. The third-order valence-corrected chi connectivity index (χ3v) is 4.64. The first-order valence-electron chi connectivity index (χ1n) is 10.0. The van der Waals surface area contributed by atoms with Gasteiger partial charge in [-0.1, -0.05) is 30.3 Å². The highest BCUT2D eigenvalue weighted by Gasteiger charge is 2.22. The lowest BCUT2D eigenvalue weighted by molar-refractivity contribution is -0.116. The van der Waals surface area contributed by atoms with Crippen molar-refractivity contribution in [3.63, 3.8) is 0 Å². The molecule has 5 heteroatoms. The van der Waals surface area contributed by atoms with Gasteiger partial charge in [-0.2, -0.15) is 0 Å². The van der Waals surface area contributed by atoms with Crippen molar-refractivity contribution in [2.24, 2.45) is 0 Å². The second-order valence-corrected chi connectivity index (χ2v) is 7.02. The standard InChI is InChI=1S/C23H29NO4/c1-3-27-22-15-19-14-17(2)28-21(19)16-20(22)24-23(25)10-7-12-26-13-11-18-8-5-4-6-9-18/h4-6,8-9,15-17H,3,7,10-14H2,1-2H3,(H,24,25). The summed E-state index contributed by atoms with van der Waals surface area (Å²) in [6.07, 6.45) is 3.00. The molecule has 2 aromatic rings. The third-order valence-electron chi connectivity index (χ3n) is 4.64. The number of ether oxygens (including phenoxy) is 3. The molecule has 0 bridgehead atoms. The van der Waals surface area contributed by atoms with E-state index in [4.69, 9.17) is 14.2 Å². The van der Waals surface area contributed by atoms with E-state index in [9.17, 15) is 4.79 Å². The molecule has 1 heterocycles. The summed E-state index contributed by atoms with van der Waals surface area (Å²) >= 11 is 0. The molecule has 0 aliphatic carbocycles. The van der Waals surface area contributed by atoms with Gasteiger partial charge < -0.3 is 19.5 Å². The Hall–Kier alpha value is -2.53. The first kappa shape index (κ1) is 20.2. The lowest BCUT2D eigenvalue weighted by atomic mass is 10.1. The van der Waals surface area contributed by atoms with Crippen molar-refractivity contribution >= 4 is 11.6 Å². The predicted molar refractivity (Wildman–Crippen MR) is 110 cm³/mol. The topological polar surface area (TPSA) is 56.8 Å². The van der Waals surface area contributed by atoms with Gasteiger partial charge in [-0.25, -0.2) is 0 Å². The molecule has 1 amide bonds. The van der Waals surface area contributed by atoms with Gasteiger partial charge in [-0.05, 0) is 38.3 Å². The van der Waals surface area contributed by atoms with Crippen LogP contribution < -0.4 is 14.8 Å². The minimum Gasteiger partial charge on any atom is -0.492 e. The van der Waals surface area contributed by atoms with Crippen LogP contribution in [0.2, 0.25) is 0 Å². The Balaban J connectivity index is 1.42. The summed E-state index contributed by atoms with van der Waals surface area (Å²) in [5, 5.41) is 2.96. The van der Waals surface area contributed by atoms with E-state index < -0.39 is 0 Å². The minimum absolute atomic E-state index is 0.0430. The summed E-state index contributed by atoms with van der Waals surface area (Å²) in [6.45, 7) is 5.76. The van der Waals surface area contributed by atoms with E-state index >= 15 is 0 Å². The summed E-state index contributed by atoms with van der Waals surface area (Å²) in [6, 6.07) is 14.1. The van der Waals surface area contributed by atoms with Crippen LogP contribution in [0.5, 0.6) is 11.5 Å². The van der Waals surface area contributed by atoms with E-state index in [-0.39, 0.29) is 12.0 Å². The van der Waals surface area contributed by atoms with Gasteiger partial charge in [0.15, 0.2) is 0 Å². The van der Waals surface area contributed by atoms with E-state index in [1.807, 2.05) is 44.2 Å². The molecular weight excluding hydrogens is 354 g/mol. The zero-order valence-corrected chi connectivity index (χ0v) is 16.7. The summed E-state index contributed by atoms with van der Waals surface area (Å²) in [4.78, 5) is 12.3. The van der Waals surface area contributed by atoms with Crippen molar-refractivity contribution in [2.45, 2.75) is 45.6 Å². The van der Waals surface area contributed by atoms with Crippen molar-refractivity contribution in [2.75, 3.05) is 25.1 Å². The molecule has 1 aliphatic rings. The van der Waals surface area contributed by atoms with Crippen LogP contribution >= 0.6 is 0 Å². The Bertz CT molecular complexity index is 776. The number of hydrogen-bond acceptors (Lipinski definition) is 4. The molecule has 0 saturated heterocycles. The molecule has 3 rings (SSSR count). The molecule has 1 unspecified atom stereocenters. The first-order valence-corrected chi connectivity index (χ1v) is 10.0. The molecule has 1 N–H and O–H groups in total. The predicted octanol–water partition coefficient (Wildman–Crippen LogP) is 4.39. The second kappa shape index (κ2) is 10.1. The van der Waals surface area contributed by atoms with Crippen molar-refractivity contribution in [3.8, 4) is 11.5 Å². The average Bonchev–Trinajstić information content (AvgIpc) is 3.04. The molecule has 5 nitrogen and oxygen atoms in total. The Kier molecular flexibility index (Phi) is 7.31. The molecule has 2 aromatic carbocycles. The fourth-order valence-electron chi connectivity index (χ4n) is 3.30. The number of carbonyl (C=O) groups is 1. The van der Waals surface area contributed by atoms with Gasteiger partial charge in [-0.3, -0.25) is 4.79 Å². The molecule has 1 atom stereocenters. The quantitative estimate of drug-likeness (QED) is 0.619. The molecule has 0 aromatic heterocycles. The molecule has 0 radical (unpaired) electrons. The van der Waals surface area contributed by atoms with Gasteiger partial charge in [0, 0.05) is 31.1 Å². The van der Waals surface area contributed by atoms with Gasteiger partial charge in [-0.15, -0.1) is 0 Å². The van der Waals surface area contributed by atoms with E-state index in [2.05, 4.69) is 17.4 Å². The highest BCUT2D eigenvalue weighted by molar-refractivity contribution is 5.92. The highest BCUT2D eigenvalue weighted by atomic mass is 16.5. The zero-order valence-electron chi connectivity index (χ0n) is 16.7. The number of fused-ring (bicyclic) bond motifs is 1. The van der Waals surface area contributed by atoms with Crippen molar-refractivity contribution in [3.05, 3.63) is 53.6 Å². The van der Waals surface area contributed by atoms with Crippen LogP contribution in [-0.2, 0) is 22.4 Å². The van der Waals surface area contributed by atoms with E-state index in [1.165, 1.54) is 5.56 Å². The summed E-state index contributed by atoms with van der Waals surface area (Å²) in [5.74, 6) is 1.49. The van der Waals surface area contributed by atoms with E-state index in [0.717, 1.165) is 24.2 Å².